The second-order valence-corrected chi connectivity index (χ2v) is 8.76. The van der Waals surface area contributed by atoms with Gasteiger partial charge in [0.05, 0.1) is 0 Å². The maximum Gasteiger partial charge on any atom is 0.527 e. The molecule has 0 aromatic carbocycles. The lowest BCUT2D eigenvalue weighted by molar-refractivity contribution is 0.0622. The zero-order valence-corrected chi connectivity index (χ0v) is 16.3. The third-order valence-corrected chi connectivity index (χ3v) is 6.53. The number of hydrogen-bond acceptors (Lipinski definition) is 4. The van der Waals surface area contributed by atoms with Crippen molar-refractivity contribution in [2.45, 2.75) is 77.6 Å². The molecule has 0 saturated heterocycles. The molecule has 134 valence electrons. The van der Waals surface area contributed by atoms with Gasteiger partial charge in [-0.3, -0.25) is 0 Å². The van der Waals surface area contributed by atoms with Gasteiger partial charge in [-0.25, -0.2) is 0 Å². The average Bonchev–Trinajstić information content (AvgIpc) is 2.56. The Bertz CT molecular complexity index is 214. The van der Waals surface area contributed by atoms with Crippen LogP contribution in [0.4, 0.5) is 0 Å². The Morgan fingerprint density at radius 2 is 1.00 bits per heavy atom. The molecule has 0 N–H and O–H groups in total. The smallest absolute Gasteiger partial charge is 0.377 e. The van der Waals surface area contributed by atoms with Crippen molar-refractivity contribution in [1.29, 1.82) is 0 Å². The highest BCUT2D eigenvalue weighted by atomic mass is 28.4. The standard InChI is InChI=1S/C17H38O4Si/c1-5-6-7-8-9-10-11-12-13-14-15-16-21-17-22(18-2,19-3)20-4/h5-17H2,1-4H3. The fraction of sp³-hybridized carbons (Fsp3) is 1.00. The van der Waals surface area contributed by atoms with Crippen molar-refractivity contribution in [3.05, 3.63) is 0 Å². The van der Waals surface area contributed by atoms with Crippen LogP contribution in [0.2, 0.25) is 0 Å². The topological polar surface area (TPSA) is 36.9 Å². The summed E-state index contributed by atoms with van der Waals surface area (Å²) in [4.78, 5) is 0. The molecule has 0 bridgehead atoms. The van der Waals surface area contributed by atoms with Crippen molar-refractivity contribution < 1.29 is 18.0 Å². The minimum Gasteiger partial charge on any atom is -0.377 e. The van der Waals surface area contributed by atoms with Crippen molar-refractivity contribution in [3.8, 4) is 0 Å². The largest absolute Gasteiger partial charge is 0.527 e. The highest BCUT2D eigenvalue weighted by Crippen LogP contribution is 2.12. The van der Waals surface area contributed by atoms with Crippen LogP contribution in [0.1, 0.15) is 77.6 Å². The third kappa shape index (κ3) is 11.6. The molecule has 0 aliphatic rings. The van der Waals surface area contributed by atoms with Crippen LogP contribution in [0.3, 0.4) is 0 Å². The molecule has 0 rings (SSSR count). The van der Waals surface area contributed by atoms with Gasteiger partial charge in [-0.05, 0) is 6.42 Å². The first-order valence-corrected chi connectivity index (χ1v) is 10.9. The van der Waals surface area contributed by atoms with Crippen LogP contribution in [0, 0.1) is 0 Å². The summed E-state index contributed by atoms with van der Waals surface area (Å²) in [6.07, 6.45) is 15.3. The first kappa shape index (κ1) is 22.1. The predicted octanol–water partition coefficient (Wildman–Crippen LogP) is 4.73. The highest BCUT2D eigenvalue weighted by molar-refractivity contribution is 6.60. The van der Waals surface area contributed by atoms with Gasteiger partial charge in [0.1, 0.15) is 6.23 Å². The fourth-order valence-electron chi connectivity index (χ4n) is 2.49. The second-order valence-electron chi connectivity index (χ2n) is 5.88. The first-order valence-electron chi connectivity index (χ1n) is 8.98. The van der Waals surface area contributed by atoms with E-state index in [9.17, 15) is 0 Å². The second kappa shape index (κ2) is 15.9. The summed E-state index contributed by atoms with van der Waals surface area (Å²) in [5.41, 5.74) is 0. The molecule has 0 aromatic rings. The molecule has 0 atom stereocenters. The fourth-order valence-corrected chi connectivity index (χ4v) is 3.74. The third-order valence-electron chi connectivity index (χ3n) is 4.10. The molecule has 0 aliphatic carbocycles. The molecule has 5 heteroatoms. The van der Waals surface area contributed by atoms with Crippen molar-refractivity contribution >= 4 is 8.80 Å². The van der Waals surface area contributed by atoms with Gasteiger partial charge in [0, 0.05) is 27.9 Å². The summed E-state index contributed by atoms with van der Waals surface area (Å²) < 4.78 is 21.6. The van der Waals surface area contributed by atoms with Crippen LogP contribution >= 0.6 is 0 Å². The highest BCUT2D eigenvalue weighted by Gasteiger charge is 2.38. The van der Waals surface area contributed by atoms with Crippen molar-refractivity contribution in [1.82, 2.24) is 0 Å². The Labute approximate surface area is 139 Å². The first-order chi connectivity index (χ1) is 10.7. The van der Waals surface area contributed by atoms with Gasteiger partial charge < -0.3 is 18.0 Å². The zero-order valence-electron chi connectivity index (χ0n) is 15.3. The van der Waals surface area contributed by atoms with Crippen LogP contribution in [0.15, 0.2) is 0 Å². The molecule has 0 fully saturated rings. The van der Waals surface area contributed by atoms with Crippen molar-refractivity contribution in [2.75, 3.05) is 34.2 Å². The lowest BCUT2D eigenvalue weighted by atomic mass is 10.1. The zero-order chi connectivity index (χ0) is 16.5. The lowest BCUT2D eigenvalue weighted by Gasteiger charge is -2.23. The molecule has 4 nitrogen and oxygen atoms in total. The van der Waals surface area contributed by atoms with E-state index in [0.717, 1.165) is 13.0 Å². The molecule has 0 unspecified atom stereocenters. The summed E-state index contributed by atoms with van der Waals surface area (Å²) in [6.45, 7) is 3.04. The molecule has 0 aromatic heterocycles. The minimum atomic E-state index is -2.54. The summed E-state index contributed by atoms with van der Waals surface area (Å²) in [6, 6.07) is 0. The van der Waals surface area contributed by atoms with E-state index in [1.165, 1.54) is 64.2 Å². The van der Waals surface area contributed by atoms with Gasteiger partial charge in [-0.2, -0.15) is 0 Å². The molecule has 0 spiro atoms. The number of ether oxygens (including phenoxy) is 1. The van der Waals surface area contributed by atoms with Crippen LogP contribution in [-0.4, -0.2) is 43.0 Å². The van der Waals surface area contributed by atoms with E-state index in [1.54, 1.807) is 21.3 Å². The Hall–Kier alpha value is 0.0569. The minimum absolute atomic E-state index is 0.439. The van der Waals surface area contributed by atoms with E-state index in [4.69, 9.17) is 18.0 Å². The number of unbranched alkanes of at least 4 members (excludes halogenated alkanes) is 10. The van der Waals surface area contributed by atoms with Gasteiger partial charge in [0.2, 0.25) is 0 Å². The normalized spacial score (nSPS) is 12.0. The summed E-state index contributed by atoms with van der Waals surface area (Å²) in [5.74, 6) is 0. The molecular weight excluding hydrogens is 296 g/mol. The predicted molar refractivity (Wildman–Crippen MR) is 94.1 cm³/mol. The van der Waals surface area contributed by atoms with Crippen LogP contribution < -0.4 is 0 Å². The van der Waals surface area contributed by atoms with Crippen molar-refractivity contribution in [2.24, 2.45) is 0 Å². The van der Waals surface area contributed by atoms with E-state index in [-0.39, 0.29) is 0 Å². The quantitative estimate of drug-likeness (QED) is 0.285. The number of rotatable bonds is 17. The Kier molecular flexibility index (Phi) is 16.0. The summed E-state index contributed by atoms with van der Waals surface area (Å²) in [7, 11) is 2.31. The number of hydrogen-bond donors (Lipinski definition) is 0. The van der Waals surface area contributed by atoms with Gasteiger partial charge in [-0.15, -0.1) is 0 Å². The van der Waals surface area contributed by atoms with E-state index in [2.05, 4.69) is 6.92 Å². The van der Waals surface area contributed by atoms with E-state index in [1.807, 2.05) is 0 Å². The van der Waals surface area contributed by atoms with Gasteiger partial charge in [-0.1, -0.05) is 71.1 Å². The molecule has 0 aliphatic heterocycles. The summed E-state index contributed by atoms with van der Waals surface area (Å²) in [5, 5.41) is 0. The van der Waals surface area contributed by atoms with E-state index < -0.39 is 8.80 Å². The Morgan fingerprint density at radius 1 is 0.591 bits per heavy atom. The molecule has 0 radical (unpaired) electrons. The molecule has 22 heavy (non-hydrogen) atoms. The van der Waals surface area contributed by atoms with E-state index in [0.29, 0.717) is 6.23 Å². The SMILES string of the molecule is CCCCCCCCCCCCCOC[Si](OC)(OC)OC. The van der Waals surface area contributed by atoms with Gasteiger partial charge in [0.25, 0.3) is 0 Å². The summed E-state index contributed by atoms with van der Waals surface area (Å²) >= 11 is 0. The molecular formula is C17H38O4Si. The van der Waals surface area contributed by atoms with Gasteiger partial charge >= 0.3 is 8.80 Å². The molecule has 0 amide bonds. The Balaban J connectivity index is 3.27. The van der Waals surface area contributed by atoms with E-state index >= 15 is 0 Å². The van der Waals surface area contributed by atoms with Crippen LogP contribution in [-0.2, 0) is 18.0 Å². The maximum absolute atomic E-state index is 5.64. The van der Waals surface area contributed by atoms with Gasteiger partial charge in [0.15, 0.2) is 0 Å². The average molecular weight is 335 g/mol. The lowest BCUT2D eigenvalue weighted by Crippen LogP contribution is -2.48. The van der Waals surface area contributed by atoms with Crippen LogP contribution in [0.25, 0.3) is 0 Å². The molecule has 0 saturated carbocycles. The molecule has 0 heterocycles. The Morgan fingerprint density at radius 3 is 1.41 bits per heavy atom. The van der Waals surface area contributed by atoms with Crippen LogP contribution in [0.5, 0.6) is 0 Å². The van der Waals surface area contributed by atoms with Crippen molar-refractivity contribution in [3.63, 3.8) is 0 Å². The monoisotopic (exact) mass is 334 g/mol. The maximum atomic E-state index is 5.64.